The van der Waals surface area contributed by atoms with Crippen molar-refractivity contribution in [3.8, 4) is 16.9 Å². The highest BCUT2D eigenvalue weighted by Crippen LogP contribution is 2.28. The molecule has 1 N–H and O–H groups in total. The van der Waals surface area contributed by atoms with Gasteiger partial charge in [-0.15, -0.1) is 6.58 Å². The monoisotopic (exact) mass is 210 g/mol. The normalized spacial score (nSPS) is 10.0. The molecule has 0 saturated heterocycles. The summed E-state index contributed by atoms with van der Waals surface area (Å²) >= 11 is 0. The van der Waals surface area contributed by atoms with Gasteiger partial charge in [0.15, 0.2) is 0 Å². The molecule has 80 valence electrons. The fraction of sp³-hybridized carbons (Fsp3) is 0.0667. The zero-order valence-electron chi connectivity index (χ0n) is 9.06. The van der Waals surface area contributed by atoms with Crippen molar-refractivity contribution in [1.82, 2.24) is 0 Å². The molecule has 0 spiro atoms. The van der Waals surface area contributed by atoms with Crippen LogP contribution in [0, 0.1) is 0 Å². The van der Waals surface area contributed by atoms with Crippen molar-refractivity contribution in [2.75, 3.05) is 0 Å². The lowest BCUT2D eigenvalue weighted by molar-refractivity contribution is 0.477. The van der Waals surface area contributed by atoms with E-state index >= 15 is 0 Å². The fourth-order valence-corrected chi connectivity index (χ4v) is 1.75. The van der Waals surface area contributed by atoms with Crippen LogP contribution in [0.25, 0.3) is 11.1 Å². The molecule has 0 radical (unpaired) electrons. The predicted molar refractivity (Wildman–Crippen MR) is 67.4 cm³/mol. The molecule has 0 heterocycles. The summed E-state index contributed by atoms with van der Waals surface area (Å²) in [4.78, 5) is 0. The van der Waals surface area contributed by atoms with Gasteiger partial charge in [-0.3, -0.25) is 0 Å². The lowest BCUT2D eigenvalue weighted by Crippen LogP contribution is -1.83. The Balaban J connectivity index is 2.44. The SMILES string of the molecule is C=CCc1cccc(-c2ccccc2O)c1. The maximum atomic E-state index is 9.76. The van der Waals surface area contributed by atoms with Gasteiger partial charge < -0.3 is 5.11 Å². The highest BCUT2D eigenvalue weighted by atomic mass is 16.3. The van der Waals surface area contributed by atoms with Gasteiger partial charge in [0.1, 0.15) is 5.75 Å². The number of aromatic hydroxyl groups is 1. The minimum Gasteiger partial charge on any atom is -0.507 e. The Bertz CT molecular complexity index is 500. The van der Waals surface area contributed by atoms with E-state index < -0.39 is 0 Å². The molecular formula is C15H14O. The van der Waals surface area contributed by atoms with Crippen LogP contribution in [0.5, 0.6) is 5.75 Å². The van der Waals surface area contributed by atoms with Crippen LogP contribution in [0.2, 0.25) is 0 Å². The molecule has 0 saturated carbocycles. The highest BCUT2D eigenvalue weighted by Gasteiger charge is 2.02. The van der Waals surface area contributed by atoms with E-state index in [1.807, 2.05) is 36.4 Å². The van der Waals surface area contributed by atoms with E-state index in [0.717, 1.165) is 17.5 Å². The second-order valence-electron chi connectivity index (χ2n) is 3.71. The predicted octanol–water partition coefficient (Wildman–Crippen LogP) is 3.79. The molecular weight excluding hydrogens is 196 g/mol. The summed E-state index contributed by atoms with van der Waals surface area (Å²) in [5.74, 6) is 0.318. The van der Waals surface area contributed by atoms with Gasteiger partial charge in [0, 0.05) is 5.56 Å². The van der Waals surface area contributed by atoms with Crippen molar-refractivity contribution < 1.29 is 5.11 Å². The second kappa shape index (κ2) is 4.67. The standard InChI is InChI=1S/C15H14O/c1-2-6-12-7-5-8-13(11-12)14-9-3-4-10-15(14)16/h2-5,7-11,16H,1,6H2. The Morgan fingerprint density at radius 3 is 2.62 bits per heavy atom. The summed E-state index contributed by atoms with van der Waals surface area (Å²) in [5.41, 5.74) is 3.11. The number of para-hydroxylation sites is 1. The van der Waals surface area contributed by atoms with E-state index in [1.54, 1.807) is 6.07 Å². The third-order valence-electron chi connectivity index (χ3n) is 2.52. The van der Waals surface area contributed by atoms with Gasteiger partial charge >= 0.3 is 0 Å². The average Bonchev–Trinajstić information content (AvgIpc) is 2.30. The third-order valence-corrected chi connectivity index (χ3v) is 2.52. The summed E-state index contributed by atoms with van der Waals surface area (Å²) in [6.07, 6.45) is 2.73. The van der Waals surface area contributed by atoms with Crippen molar-refractivity contribution in [1.29, 1.82) is 0 Å². The number of hydrogen-bond acceptors (Lipinski definition) is 1. The highest BCUT2D eigenvalue weighted by molar-refractivity contribution is 5.70. The molecule has 0 bridgehead atoms. The van der Waals surface area contributed by atoms with Crippen LogP contribution in [-0.2, 0) is 6.42 Å². The molecule has 0 amide bonds. The van der Waals surface area contributed by atoms with Gasteiger partial charge in [0.05, 0.1) is 0 Å². The van der Waals surface area contributed by atoms with E-state index in [4.69, 9.17) is 0 Å². The van der Waals surface area contributed by atoms with Crippen LogP contribution >= 0.6 is 0 Å². The molecule has 0 fully saturated rings. The molecule has 0 atom stereocenters. The fourth-order valence-electron chi connectivity index (χ4n) is 1.75. The maximum Gasteiger partial charge on any atom is 0.123 e. The number of benzene rings is 2. The Kier molecular flexibility index (Phi) is 3.06. The molecule has 2 rings (SSSR count). The van der Waals surface area contributed by atoms with Gasteiger partial charge in [0.25, 0.3) is 0 Å². The van der Waals surface area contributed by atoms with Crippen LogP contribution in [0.4, 0.5) is 0 Å². The largest absolute Gasteiger partial charge is 0.507 e. The van der Waals surface area contributed by atoms with Crippen LogP contribution in [-0.4, -0.2) is 5.11 Å². The van der Waals surface area contributed by atoms with Gasteiger partial charge in [-0.05, 0) is 23.6 Å². The van der Waals surface area contributed by atoms with Gasteiger partial charge in [-0.25, -0.2) is 0 Å². The quantitative estimate of drug-likeness (QED) is 0.764. The van der Waals surface area contributed by atoms with E-state index in [0.29, 0.717) is 5.75 Å². The molecule has 0 aromatic heterocycles. The average molecular weight is 210 g/mol. The Morgan fingerprint density at radius 1 is 1.06 bits per heavy atom. The summed E-state index contributed by atoms with van der Waals surface area (Å²) in [6.45, 7) is 3.73. The van der Waals surface area contributed by atoms with Crippen molar-refractivity contribution in [2.45, 2.75) is 6.42 Å². The molecule has 0 aliphatic heterocycles. The molecule has 1 nitrogen and oxygen atoms in total. The molecule has 2 aromatic carbocycles. The van der Waals surface area contributed by atoms with E-state index in [9.17, 15) is 5.11 Å². The lowest BCUT2D eigenvalue weighted by atomic mass is 10.0. The van der Waals surface area contributed by atoms with Crippen molar-refractivity contribution >= 4 is 0 Å². The molecule has 0 unspecified atom stereocenters. The number of phenols is 1. The smallest absolute Gasteiger partial charge is 0.123 e. The summed E-state index contributed by atoms with van der Waals surface area (Å²) in [5, 5.41) is 9.76. The number of rotatable bonds is 3. The lowest BCUT2D eigenvalue weighted by Gasteiger charge is -2.06. The topological polar surface area (TPSA) is 20.2 Å². The molecule has 1 heteroatoms. The maximum absolute atomic E-state index is 9.76. The van der Waals surface area contributed by atoms with Crippen molar-refractivity contribution in [3.63, 3.8) is 0 Å². The first kappa shape index (κ1) is 10.5. The Morgan fingerprint density at radius 2 is 1.88 bits per heavy atom. The number of phenolic OH excluding ortho intramolecular Hbond substituents is 1. The van der Waals surface area contributed by atoms with Gasteiger partial charge in [0.2, 0.25) is 0 Å². The van der Waals surface area contributed by atoms with Crippen LogP contribution in [0.1, 0.15) is 5.56 Å². The van der Waals surface area contributed by atoms with E-state index in [-0.39, 0.29) is 0 Å². The molecule has 0 aliphatic carbocycles. The van der Waals surface area contributed by atoms with Crippen LogP contribution in [0.15, 0.2) is 61.2 Å². The van der Waals surface area contributed by atoms with Gasteiger partial charge in [-0.1, -0.05) is 48.5 Å². The first-order valence-corrected chi connectivity index (χ1v) is 5.29. The zero-order valence-corrected chi connectivity index (χ0v) is 9.06. The molecule has 0 aliphatic rings. The van der Waals surface area contributed by atoms with Gasteiger partial charge in [-0.2, -0.15) is 0 Å². The van der Waals surface area contributed by atoms with Crippen LogP contribution in [0.3, 0.4) is 0 Å². The van der Waals surface area contributed by atoms with Crippen LogP contribution < -0.4 is 0 Å². The first-order valence-electron chi connectivity index (χ1n) is 5.29. The minimum atomic E-state index is 0.318. The minimum absolute atomic E-state index is 0.318. The Labute approximate surface area is 95.7 Å². The van der Waals surface area contributed by atoms with E-state index in [1.165, 1.54) is 5.56 Å². The van der Waals surface area contributed by atoms with Crippen molar-refractivity contribution in [3.05, 3.63) is 66.7 Å². The first-order chi connectivity index (χ1) is 7.81. The second-order valence-corrected chi connectivity index (χ2v) is 3.71. The summed E-state index contributed by atoms with van der Waals surface area (Å²) in [7, 11) is 0. The van der Waals surface area contributed by atoms with E-state index in [2.05, 4.69) is 18.7 Å². The number of allylic oxidation sites excluding steroid dienone is 1. The number of hydrogen-bond donors (Lipinski definition) is 1. The molecule has 16 heavy (non-hydrogen) atoms. The summed E-state index contributed by atoms with van der Waals surface area (Å²) < 4.78 is 0. The van der Waals surface area contributed by atoms with Crippen molar-refractivity contribution in [2.24, 2.45) is 0 Å². The Hall–Kier alpha value is -2.02. The zero-order chi connectivity index (χ0) is 11.4. The summed E-state index contributed by atoms with van der Waals surface area (Å²) in [6, 6.07) is 15.5. The third kappa shape index (κ3) is 2.14. The molecule has 2 aromatic rings.